The Labute approximate surface area is 102 Å². The zero-order valence-electron chi connectivity index (χ0n) is 9.44. The second-order valence-corrected chi connectivity index (χ2v) is 5.39. The summed E-state index contributed by atoms with van der Waals surface area (Å²) in [5.41, 5.74) is -1.54. The lowest BCUT2D eigenvalue weighted by Crippen LogP contribution is -2.29. The molecule has 0 heterocycles. The monoisotopic (exact) mass is 280 g/mol. The third-order valence-corrected chi connectivity index (χ3v) is 3.44. The number of nitrogens with zero attached hydrogens (tertiary/aromatic N) is 1. The number of halogens is 2. The van der Waals surface area contributed by atoms with Crippen molar-refractivity contribution >= 4 is 21.9 Å². The van der Waals surface area contributed by atoms with Gasteiger partial charge in [0.15, 0.2) is 0 Å². The van der Waals surface area contributed by atoms with Gasteiger partial charge < -0.3 is 5.11 Å². The van der Waals surface area contributed by atoms with E-state index in [1.54, 1.807) is 0 Å². The van der Waals surface area contributed by atoms with Gasteiger partial charge >= 0.3 is 16.2 Å². The van der Waals surface area contributed by atoms with Crippen LogP contribution in [0.15, 0.2) is 12.1 Å². The molecular weight excluding hydrogens is 270 g/mol. The number of carbonyl (C=O) groups is 1. The Morgan fingerprint density at radius 3 is 2.06 bits per heavy atom. The summed E-state index contributed by atoms with van der Waals surface area (Å²) in [5.74, 6) is -4.50. The van der Waals surface area contributed by atoms with Crippen molar-refractivity contribution in [1.29, 1.82) is 0 Å². The second-order valence-electron chi connectivity index (χ2n) is 3.51. The van der Waals surface area contributed by atoms with Gasteiger partial charge in [0.1, 0.15) is 17.2 Å². The maximum absolute atomic E-state index is 13.3. The lowest BCUT2D eigenvalue weighted by atomic mass is 10.2. The minimum Gasteiger partial charge on any atom is -0.477 e. The van der Waals surface area contributed by atoms with Gasteiger partial charge in [0, 0.05) is 14.1 Å². The van der Waals surface area contributed by atoms with Crippen LogP contribution in [0.5, 0.6) is 0 Å². The highest BCUT2D eigenvalue weighted by Gasteiger charge is 2.20. The summed E-state index contributed by atoms with van der Waals surface area (Å²) in [6.07, 6.45) is 0. The molecule has 0 saturated carbocycles. The first-order valence-corrected chi connectivity index (χ1v) is 6.01. The van der Waals surface area contributed by atoms with Crippen LogP contribution in [0.3, 0.4) is 0 Å². The predicted octanol–water partition coefficient (Wildman–Crippen LogP) is 0.881. The van der Waals surface area contributed by atoms with Crippen LogP contribution in [0.1, 0.15) is 10.4 Å². The van der Waals surface area contributed by atoms with Crippen LogP contribution in [0.2, 0.25) is 0 Å². The van der Waals surface area contributed by atoms with E-state index in [9.17, 15) is 22.0 Å². The predicted molar refractivity (Wildman–Crippen MR) is 59.5 cm³/mol. The molecule has 0 aliphatic carbocycles. The summed E-state index contributed by atoms with van der Waals surface area (Å²) < 4.78 is 52.0. The Morgan fingerprint density at radius 2 is 1.72 bits per heavy atom. The number of anilines is 1. The number of benzene rings is 1. The average molecular weight is 280 g/mol. The lowest BCUT2D eigenvalue weighted by Gasteiger charge is -2.13. The van der Waals surface area contributed by atoms with Crippen LogP contribution in [0.25, 0.3) is 0 Å². The van der Waals surface area contributed by atoms with Crippen LogP contribution >= 0.6 is 0 Å². The summed E-state index contributed by atoms with van der Waals surface area (Å²) in [5, 5.41) is 8.53. The first-order valence-electron chi connectivity index (χ1n) is 4.57. The van der Waals surface area contributed by atoms with E-state index in [1.807, 2.05) is 4.72 Å². The maximum atomic E-state index is 13.3. The van der Waals surface area contributed by atoms with E-state index in [-0.39, 0.29) is 0 Å². The molecule has 0 amide bonds. The fourth-order valence-corrected chi connectivity index (χ4v) is 1.67. The Kier molecular flexibility index (Phi) is 3.87. The number of hydrogen-bond donors (Lipinski definition) is 2. The number of carboxylic acid groups (broad SMARTS) is 1. The molecule has 18 heavy (non-hydrogen) atoms. The van der Waals surface area contributed by atoms with E-state index >= 15 is 0 Å². The zero-order chi connectivity index (χ0) is 14.1. The van der Waals surface area contributed by atoms with Gasteiger partial charge in [-0.3, -0.25) is 4.72 Å². The van der Waals surface area contributed by atoms with E-state index in [0.717, 1.165) is 4.31 Å². The molecule has 0 saturated heterocycles. The summed E-state index contributed by atoms with van der Waals surface area (Å²) in [6.45, 7) is 0. The fourth-order valence-electron chi connectivity index (χ4n) is 1.08. The third kappa shape index (κ3) is 2.93. The Bertz CT molecular complexity index is 563. The molecule has 0 fully saturated rings. The highest BCUT2D eigenvalue weighted by atomic mass is 32.2. The minimum atomic E-state index is -3.92. The van der Waals surface area contributed by atoms with E-state index in [1.165, 1.54) is 14.1 Å². The number of rotatable bonds is 4. The average Bonchev–Trinajstić information content (AvgIpc) is 2.13. The first kappa shape index (κ1) is 14.3. The van der Waals surface area contributed by atoms with Crippen molar-refractivity contribution in [2.45, 2.75) is 0 Å². The van der Waals surface area contributed by atoms with Gasteiger partial charge in [-0.25, -0.2) is 13.6 Å². The van der Waals surface area contributed by atoms with Crippen LogP contribution in [0.4, 0.5) is 14.5 Å². The number of carboxylic acids is 1. The summed E-state index contributed by atoms with van der Waals surface area (Å²) in [6, 6.07) is 1.18. The van der Waals surface area contributed by atoms with Crippen LogP contribution in [-0.4, -0.2) is 37.9 Å². The van der Waals surface area contributed by atoms with Gasteiger partial charge in [-0.1, -0.05) is 0 Å². The van der Waals surface area contributed by atoms with Gasteiger partial charge in [-0.2, -0.15) is 12.7 Å². The largest absolute Gasteiger partial charge is 0.477 e. The van der Waals surface area contributed by atoms with Crippen molar-refractivity contribution in [3.05, 3.63) is 29.3 Å². The number of nitrogens with one attached hydrogen (secondary N) is 1. The molecule has 6 nitrogen and oxygen atoms in total. The normalized spacial score (nSPS) is 11.6. The lowest BCUT2D eigenvalue weighted by molar-refractivity contribution is 0.0686. The third-order valence-electron chi connectivity index (χ3n) is 1.98. The van der Waals surface area contributed by atoms with E-state index in [4.69, 9.17) is 5.11 Å². The van der Waals surface area contributed by atoms with Crippen molar-refractivity contribution < 1.29 is 27.1 Å². The molecule has 0 aromatic heterocycles. The van der Waals surface area contributed by atoms with Crippen molar-refractivity contribution in [3.63, 3.8) is 0 Å². The molecule has 1 aromatic rings. The molecule has 1 aromatic carbocycles. The maximum Gasteiger partial charge on any atom is 0.341 e. The SMILES string of the molecule is CN(C)S(=O)(=O)Nc1cc(F)c(C(=O)O)c(F)c1. The highest BCUT2D eigenvalue weighted by molar-refractivity contribution is 7.90. The quantitative estimate of drug-likeness (QED) is 0.857. The van der Waals surface area contributed by atoms with Crippen molar-refractivity contribution in [2.75, 3.05) is 18.8 Å². The summed E-state index contributed by atoms with van der Waals surface area (Å²) in [7, 11) is -1.47. The molecular formula is C9H10F2N2O4S. The zero-order valence-corrected chi connectivity index (χ0v) is 10.3. The Morgan fingerprint density at radius 1 is 1.28 bits per heavy atom. The highest BCUT2D eigenvalue weighted by Crippen LogP contribution is 2.20. The first-order chi connectivity index (χ1) is 8.15. The van der Waals surface area contributed by atoms with Crippen molar-refractivity contribution in [1.82, 2.24) is 4.31 Å². The molecule has 0 aliphatic heterocycles. The molecule has 0 radical (unpaired) electrons. The van der Waals surface area contributed by atoms with E-state index < -0.39 is 39.1 Å². The van der Waals surface area contributed by atoms with Gasteiger partial charge in [-0.05, 0) is 12.1 Å². The molecule has 100 valence electrons. The van der Waals surface area contributed by atoms with Crippen LogP contribution < -0.4 is 4.72 Å². The molecule has 0 aliphatic rings. The fraction of sp³-hybridized carbons (Fsp3) is 0.222. The Balaban J connectivity index is 3.20. The molecule has 0 atom stereocenters. The molecule has 0 spiro atoms. The van der Waals surface area contributed by atoms with Crippen LogP contribution in [-0.2, 0) is 10.2 Å². The van der Waals surface area contributed by atoms with E-state index in [0.29, 0.717) is 12.1 Å². The molecule has 0 bridgehead atoms. The van der Waals surface area contributed by atoms with Gasteiger partial charge in [-0.15, -0.1) is 0 Å². The van der Waals surface area contributed by atoms with Gasteiger partial charge in [0.25, 0.3) is 0 Å². The summed E-state index contributed by atoms with van der Waals surface area (Å²) >= 11 is 0. The number of hydrogen-bond acceptors (Lipinski definition) is 3. The van der Waals surface area contributed by atoms with Crippen molar-refractivity contribution in [3.8, 4) is 0 Å². The smallest absolute Gasteiger partial charge is 0.341 e. The molecule has 9 heteroatoms. The van der Waals surface area contributed by atoms with E-state index in [2.05, 4.69) is 0 Å². The van der Waals surface area contributed by atoms with Gasteiger partial charge in [0.05, 0.1) is 5.69 Å². The summed E-state index contributed by atoms with van der Waals surface area (Å²) in [4.78, 5) is 10.5. The van der Waals surface area contributed by atoms with Crippen LogP contribution in [0, 0.1) is 11.6 Å². The van der Waals surface area contributed by atoms with Crippen molar-refractivity contribution in [2.24, 2.45) is 0 Å². The number of aromatic carboxylic acids is 1. The van der Waals surface area contributed by atoms with Gasteiger partial charge in [0.2, 0.25) is 0 Å². The minimum absolute atomic E-state index is 0.399. The standard InChI is InChI=1S/C9H10F2N2O4S/c1-13(2)18(16,17)12-5-3-6(10)8(9(14)15)7(11)4-5/h3-4,12H,1-2H3,(H,14,15). The molecule has 2 N–H and O–H groups in total. The topological polar surface area (TPSA) is 86.7 Å². The second kappa shape index (κ2) is 4.86. The Hall–Kier alpha value is -1.74. The molecule has 1 rings (SSSR count). The molecule has 0 unspecified atom stereocenters.